The summed E-state index contributed by atoms with van der Waals surface area (Å²) in [6, 6.07) is 9.32. The van der Waals surface area contributed by atoms with E-state index < -0.39 is 0 Å². The molecule has 3 rings (SSSR count). The van der Waals surface area contributed by atoms with Gasteiger partial charge in [-0.05, 0) is 43.7 Å². The molecule has 1 aromatic heterocycles. The molecule has 0 aliphatic carbocycles. The van der Waals surface area contributed by atoms with E-state index in [0.717, 1.165) is 12.1 Å². The number of carbonyl (C=O) groups excluding carboxylic acids is 2. The summed E-state index contributed by atoms with van der Waals surface area (Å²) in [5.41, 5.74) is 2.18. The summed E-state index contributed by atoms with van der Waals surface area (Å²) in [6.45, 7) is 2.05. The Bertz CT molecular complexity index is 647. The van der Waals surface area contributed by atoms with Crippen molar-refractivity contribution in [3.63, 3.8) is 0 Å². The minimum Gasteiger partial charge on any atom is -0.367 e. The van der Waals surface area contributed by atoms with Gasteiger partial charge in [0.1, 0.15) is 0 Å². The molecule has 0 bridgehead atoms. The van der Waals surface area contributed by atoms with Crippen LogP contribution in [-0.4, -0.2) is 22.8 Å². The van der Waals surface area contributed by atoms with Crippen LogP contribution >= 0.6 is 0 Å². The summed E-state index contributed by atoms with van der Waals surface area (Å²) in [6.07, 6.45) is 4.85. The van der Waals surface area contributed by atoms with Gasteiger partial charge in [0, 0.05) is 36.2 Å². The second kappa shape index (κ2) is 5.44. The predicted molar refractivity (Wildman–Crippen MR) is 81.4 cm³/mol. The van der Waals surface area contributed by atoms with E-state index in [-0.39, 0.29) is 17.9 Å². The third kappa shape index (κ3) is 2.67. The first kappa shape index (κ1) is 13.4. The minimum atomic E-state index is -0.158. The van der Waals surface area contributed by atoms with Crippen molar-refractivity contribution in [2.24, 2.45) is 0 Å². The molecule has 2 aromatic rings. The predicted octanol–water partition coefficient (Wildman–Crippen LogP) is 2.78. The Kier molecular flexibility index (Phi) is 3.48. The Morgan fingerprint density at radius 1 is 1.29 bits per heavy atom. The molecule has 21 heavy (non-hydrogen) atoms. The number of rotatable bonds is 3. The number of H-pyrrole nitrogens is 1. The number of nitrogens with zero attached hydrogens (tertiary/aromatic N) is 1. The summed E-state index contributed by atoms with van der Waals surface area (Å²) in [4.78, 5) is 28.4. The van der Waals surface area contributed by atoms with Crippen LogP contribution < -0.4 is 10.2 Å². The number of hydrogen-bond acceptors (Lipinski definition) is 2. The van der Waals surface area contributed by atoms with Crippen molar-refractivity contribution in [1.82, 2.24) is 4.98 Å². The number of benzene rings is 1. The molecule has 1 unspecified atom stereocenters. The van der Waals surface area contributed by atoms with Gasteiger partial charge in [0.05, 0.1) is 5.56 Å². The van der Waals surface area contributed by atoms with Gasteiger partial charge in [-0.25, -0.2) is 0 Å². The number of hydrogen-bond donors (Lipinski definition) is 2. The van der Waals surface area contributed by atoms with Gasteiger partial charge < -0.3 is 15.2 Å². The molecule has 108 valence electrons. The highest BCUT2D eigenvalue weighted by Crippen LogP contribution is 2.27. The molecule has 2 heterocycles. The average molecular weight is 283 g/mol. The number of carbonyl (C=O) groups is 2. The van der Waals surface area contributed by atoms with Crippen molar-refractivity contribution in [3.05, 3.63) is 48.3 Å². The molecular weight excluding hydrogens is 266 g/mol. The first-order valence-corrected chi connectivity index (χ1v) is 7.01. The lowest BCUT2D eigenvalue weighted by Gasteiger charge is -2.21. The molecule has 0 radical (unpaired) electrons. The van der Waals surface area contributed by atoms with Gasteiger partial charge in [0.15, 0.2) is 0 Å². The van der Waals surface area contributed by atoms with Crippen molar-refractivity contribution in [2.75, 3.05) is 10.2 Å². The average Bonchev–Trinajstić information content (AvgIpc) is 3.11. The topological polar surface area (TPSA) is 65.2 Å². The summed E-state index contributed by atoms with van der Waals surface area (Å²) in [5.74, 6) is 0.00113. The van der Waals surface area contributed by atoms with Crippen LogP contribution in [0.3, 0.4) is 0 Å². The zero-order valence-electron chi connectivity index (χ0n) is 11.8. The van der Waals surface area contributed by atoms with Crippen molar-refractivity contribution in [1.29, 1.82) is 0 Å². The first-order chi connectivity index (χ1) is 10.1. The van der Waals surface area contributed by atoms with Crippen molar-refractivity contribution in [2.45, 2.75) is 25.8 Å². The van der Waals surface area contributed by atoms with Gasteiger partial charge in [-0.15, -0.1) is 0 Å². The van der Waals surface area contributed by atoms with E-state index in [0.29, 0.717) is 17.7 Å². The maximum Gasteiger partial charge on any atom is 0.257 e. The molecule has 1 aliphatic heterocycles. The fraction of sp³-hybridized carbons (Fsp3) is 0.250. The molecule has 0 spiro atoms. The Labute approximate surface area is 123 Å². The van der Waals surface area contributed by atoms with E-state index in [9.17, 15) is 9.59 Å². The normalized spacial score (nSPS) is 18.0. The van der Waals surface area contributed by atoms with Crippen molar-refractivity contribution in [3.8, 4) is 0 Å². The van der Waals surface area contributed by atoms with E-state index >= 15 is 0 Å². The largest absolute Gasteiger partial charge is 0.367 e. The van der Waals surface area contributed by atoms with Crippen LogP contribution in [0.25, 0.3) is 0 Å². The fourth-order valence-corrected chi connectivity index (χ4v) is 2.60. The van der Waals surface area contributed by atoms with E-state index in [1.807, 2.05) is 36.1 Å². The zero-order chi connectivity index (χ0) is 14.8. The molecule has 2 amide bonds. The second-order valence-electron chi connectivity index (χ2n) is 5.25. The fourth-order valence-electron chi connectivity index (χ4n) is 2.60. The molecular formula is C16H17N3O2. The van der Waals surface area contributed by atoms with Crippen molar-refractivity contribution < 1.29 is 9.59 Å². The summed E-state index contributed by atoms with van der Waals surface area (Å²) in [7, 11) is 0. The standard InChI is InChI=1S/C16H17N3O2/c1-11-2-7-15(20)19(11)14-5-3-13(4-6-14)18-16(21)12-8-9-17-10-12/h3-6,8-11,17H,2,7H2,1H3,(H,18,21). The quantitative estimate of drug-likeness (QED) is 0.909. The zero-order valence-corrected chi connectivity index (χ0v) is 11.8. The van der Waals surface area contributed by atoms with Crippen LogP contribution in [0.15, 0.2) is 42.7 Å². The molecule has 1 fully saturated rings. The lowest BCUT2D eigenvalue weighted by molar-refractivity contribution is -0.117. The Morgan fingerprint density at radius 2 is 2.05 bits per heavy atom. The van der Waals surface area contributed by atoms with Crippen LogP contribution in [0, 0.1) is 0 Å². The Hall–Kier alpha value is -2.56. The molecule has 5 heteroatoms. The lowest BCUT2D eigenvalue weighted by Crippen LogP contribution is -2.30. The summed E-state index contributed by atoms with van der Waals surface area (Å²) < 4.78 is 0. The number of aromatic amines is 1. The summed E-state index contributed by atoms with van der Waals surface area (Å²) in [5, 5.41) is 2.82. The monoisotopic (exact) mass is 283 g/mol. The van der Waals surface area contributed by atoms with E-state index in [1.165, 1.54) is 0 Å². The maximum absolute atomic E-state index is 11.9. The van der Waals surface area contributed by atoms with Gasteiger partial charge in [-0.2, -0.15) is 0 Å². The third-order valence-electron chi connectivity index (χ3n) is 3.75. The van der Waals surface area contributed by atoms with E-state index in [1.54, 1.807) is 18.5 Å². The molecule has 1 saturated heterocycles. The minimum absolute atomic E-state index is 0.158. The number of anilines is 2. The number of nitrogens with one attached hydrogen (secondary N) is 2. The van der Waals surface area contributed by atoms with Crippen LogP contribution in [0.1, 0.15) is 30.1 Å². The van der Waals surface area contributed by atoms with Crippen LogP contribution in [0.2, 0.25) is 0 Å². The van der Waals surface area contributed by atoms with Gasteiger partial charge in [-0.3, -0.25) is 9.59 Å². The highest BCUT2D eigenvalue weighted by atomic mass is 16.2. The number of amides is 2. The van der Waals surface area contributed by atoms with E-state index in [4.69, 9.17) is 0 Å². The summed E-state index contributed by atoms with van der Waals surface area (Å²) >= 11 is 0. The highest BCUT2D eigenvalue weighted by molar-refractivity contribution is 6.04. The maximum atomic E-state index is 11.9. The van der Waals surface area contributed by atoms with Crippen LogP contribution in [0.5, 0.6) is 0 Å². The molecule has 1 atom stereocenters. The van der Waals surface area contributed by atoms with Gasteiger partial charge in [-0.1, -0.05) is 0 Å². The van der Waals surface area contributed by atoms with Crippen molar-refractivity contribution >= 4 is 23.2 Å². The van der Waals surface area contributed by atoms with E-state index in [2.05, 4.69) is 10.3 Å². The third-order valence-corrected chi connectivity index (χ3v) is 3.75. The molecule has 5 nitrogen and oxygen atoms in total. The highest BCUT2D eigenvalue weighted by Gasteiger charge is 2.28. The molecule has 2 N–H and O–H groups in total. The molecule has 1 aliphatic rings. The number of aromatic nitrogens is 1. The van der Waals surface area contributed by atoms with Gasteiger partial charge >= 0.3 is 0 Å². The Balaban J connectivity index is 1.72. The smallest absolute Gasteiger partial charge is 0.257 e. The van der Waals surface area contributed by atoms with Gasteiger partial charge in [0.2, 0.25) is 5.91 Å². The molecule has 1 aromatic carbocycles. The second-order valence-corrected chi connectivity index (χ2v) is 5.25. The Morgan fingerprint density at radius 3 is 2.62 bits per heavy atom. The SMILES string of the molecule is CC1CCC(=O)N1c1ccc(NC(=O)c2cc[nH]c2)cc1. The first-order valence-electron chi connectivity index (χ1n) is 7.01. The van der Waals surface area contributed by atoms with Crippen LogP contribution in [0.4, 0.5) is 11.4 Å². The van der Waals surface area contributed by atoms with Gasteiger partial charge in [0.25, 0.3) is 5.91 Å². The lowest BCUT2D eigenvalue weighted by atomic mass is 10.2. The van der Waals surface area contributed by atoms with Crippen LogP contribution in [-0.2, 0) is 4.79 Å². The molecule has 0 saturated carbocycles.